The minimum atomic E-state index is -0.621. The Hall–Kier alpha value is -0.610. The number of aliphatic carboxylic acids is 1. The van der Waals surface area contributed by atoms with Crippen LogP contribution >= 0.6 is 0 Å². The summed E-state index contributed by atoms with van der Waals surface area (Å²) in [6, 6.07) is 0.513. The van der Waals surface area contributed by atoms with Crippen LogP contribution in [0.25, 0.3) is 0 Å². The molecule has 3 unspecified atom stereocenters. The third-order valence-corrected chi connectivity index (χ3v) is 5.31. The summed E-state index contributed by atoms with van der Waals surface area (Å²) in [6.45, 7) is 5.71. The van der Waals surface area contributed by atoms with Gasteiger partial charge in [-0.15, -0.1) is 0 Å². The van der Waals surface area contributed by atoms with Crippen molar-refractivity contribution >= 4 is 5.97 Å². The van der Waals surface area contributed by atoms with E-state index in [1.165, 1.54) is 12.8 Å². The van der Waals surface area contributed by atoms with Crippen molar-refractivity contribution in [2.45, 2.75) is 58.1 Å². The number of carbonyl (C=O) groups is 1. The molecule has 1 saturated heterocycles. The number of nitrogens with zero attached hydrogens (tertiary/aromatic N) is 1. The lowest BCUT2D eigenvalue weighted by Crippen LogP contribution is -2.44. The van der Waals surface area contributed by atoms with Crippen molar-refractivity contribution < 1.29 is 14.6 Å². The lowest BCUT2D eigenvalue weighted by Gasteiger charge is -2.36. The fraction of sp³-hybridized carbons (Fsp3) is 0.933. The second kappa shape index (κ2) is 5.80. The topological polar surface area (TPSA) is 49.8 Å². The molecular weight excluding hydrogens is 242 g/mol. The van der Waals surface area contributed by atoms with E-state index in [4.69, 9.17) is 4.74 Å². The van der Waals surface area contributed by atoms with Gasteiger partial charge in [-0.1, -0.05) is 13.8 Å². The molecule has 2 rings (SSSR count). The molecule has 2 fully saturated rings. The van der Waals surface area contributed by atoms with E-state index >= 15 is 0 Å². The zero-order valence-corrected chi connectivity index (χ0v) is 12.4. The molecule has 19 heavy (non-hydrogen) atoms. The van der Waals surface area contributed by atoms with Gasteiger partial charge >= 0.3 is 5.97 Å². The average molecular weight is 269 g/mol. The van der Waals surface area contributed by atoms with Crippen LogP contribution in [0.1, 0.15) is 46.0 Å². The summed E-state index contributed by atoms with van der Waals surface area (Å²) in [6.07, 6.45) is 5.74. The van der Waals surface area contributed by atoms with Gasteiger partial charge in [-0.05, 0) is 44.6 Å². The molecule has 0 aromatic rings. The molecule has 0 bridgehead atoms. The van der Waals surface area contributed by atoms with E-state index in [9.17, 15) is 9.90 Å². The summed E-state index contributed by atoms with van der Waals surface area (Å²) in [7, 11) is 1.78. The van der Waals surface area contributed by atoms with Crippen LogP contribution in [0.3, 0.4) is 0 Å². The van der Waals surface area contributed by atoms with E-state index in [1.54, 1.807) is 7.11 Å². The third kappa shape index (κ3) is 2.79. The fourth-order valence-corrected chi connectivity index (χ4v) is 3.73. The lowest BCUT2D eigenvalue weighted by atomic mass is 9.76. The van der Waals surface area contributed by atoms with E-state index < -0.39 is 11.4 Å². The molecule has 110 valence electrons. The SMILES string of the molecule is COC1CCCC(N2CCC(C(=O)O)(C(C)C)C2)C1. The predicted molar refractivity (Wildman–Crippen MR) is 74.1 cm³/mol. The van der Waals surface area contributed by atoms with Crippen molar-refractivity contribution in [3.63, 3.8) is 0 Å². The summed E-state index contributed by atoms with van der Waals surface area (Å²) in [4.78, 5) is 14.1. The van der Waals surface area contributed by atoms with Gasteiger partial charge in [0.25, 0.3) is 0 Å². The van der Waals surface area contributed by atoms with E-state index in [2.05, 4.69) is 4.90 Å². The quantitative estimate of drug-likeness (QED) is 0.851. The molecule has 4 heteroatoms. The van der Waals surface area contributed by atoms with Crippen LogP contribution in [0.15, 0.2) is 0 Å². The van der Waals surface area contributed by atoms with Crippen LogP contribution in [-0.4, -0.2) is 48.3 Å². The van der Waals surface area contributed by atoms with Gasteiger partial charge in [0.2, 0.25) is 0 Å². The fourth-order valence-electron chi connectivity index (χ4n) is 3.73. The summed E-state index contributed by atoms with van der Waals surface area (Å²) < 4.78 is 5.48. The Bertz CT molecular complexity index is 331. The number of carboxylic acids is 1. The van der Waals surface area contributed by atoms with Crippen molar-refractivity contribution in [3.05, 3.63) is 0 Å². The van der Waals surface area contributed by atoms with Crippen LogP contribution in [0.4, 0.5) is 0 Å². The first-order valence-electron chi connectivity index (χ1n) is 7.50. The van der Waals surface area contributed by atoms with Crippen LogP contribution in [0.2, 0.25) is 0 Å². The monoisotopic (exact) mass is 269 g/mol. The number of hydrogen-bond acceptors (Lipinski definition) is 3. The first-order chi connectivity index (χ1) is 8.99. The number of carboxylic acid groups (broad SMARTS) is 1. The average Bonchev–Trinajstić information content (AvgIpc) is 2.85. The maximum absolute atomic E-state index is 11.7. The van der Waals surface area contributed by atoms with Gasteiger partial charge in [-0.3, -0.25) is 9.69 Å². The molecule has 1 saturated carbocycles. The van der Waals surface area contributed by atoms with E-state index in [0.29, 0.717) is 18.7 Å². The van der Waals surface area contributed by atoms with Gasteiger partial charge in [0, 0.05) is 19.7 Å². The number of rotatable bonds is 4. The number of ether oxygens (including phenoxy) is 1. The largest absolute Gasteiger partial charge is 0.481 e. The van der Waals surface area contributed by atoms with Gasteiger partial charge in [-0.25, -0.2) is 0 Å². The minimum absolute atomic E-state index is 0.191. The van der Waals surface area contributed by atoms with Crippen molar-refractivity contribution in [2.75, 3.05) is 20.2 Å². The summed E-state index contributed by atoms with van der Waals surface area (Å²) in [5.41, 5.74) is -0.542. The van der Waals surface area contributed by atoms with Crippen molar-refractivity contribution in [1.82, 2.24) is 4.90 Å². The van der Waals surface area contributed by atoms with E-state index in [-0.39, 0.29) is 5.92 Å². The van der Waals surface area contributed by atoms with Crippen molar-refractivity contribution in [1.29, 1.82) is 0 Å². The zero-order valence-electron chi connectivity index (χ0n) is 12.4. The molecule has 0 aromatic heterocycles. The number of hydrogen-bond donors (Lipinski definition) is 1. The van der Waals surface area contributed by atoms with Crippen LogP contribution in [0.5, 0.6) is 0 Å². The molecule has 2 aliphatic rings. The molecule has 1 aliphatic heterocycles. The van der Waals surface area contributed by atoms with Gasteiger partial charge in [-0.2, -0.15) is 0 Å². The molecule has 1 aliphatic carbocycles. The van der Waals surface area contributed by atoms with E-state index in [1.807, 2.05) is 13.8 Å². The molecule has 1 heterocycles. The van der Waals surface area contributed by atoms with E-state index in [0.717, 1.165) is 25.8 Å². The first-order valence-corrected chi connectivity index (χ1v) is 7.50. The Balaban J connectivity index is 2.02. The molecule has 4 nitrogen and oxygen atoms in total. The highest BCUT2D eigenvalue weighted by atomic mass is 16.5. The Morgan fingerprint density at radius 1 is 1.42 bits per heavy atom. The predicted octanol–water partition coefficient (Wildman–Crippen LogP) is 2.38. The van der Waals surface area contributed by atoms with Crippen LogP contribution < -0.4 is 0 Å². The van der Waals surface area contributed by atoms with Gasteiger partial charge < -0.3 is 9.84 Å². The van der Waals surface area contributed by atoms with Crippen molar-refractivity contribution in [2.24, 2.45) is 11.3 Å². The summed E-state index contributed by atoms with van der Waals surface area (Å²) >= 11 is 0. The number of likely N-dealkylation sites (tertiary alicyclic amines) is 1. The maximum Gasteiger partial charge on any atom is 0.311 e. The molecule has 0 radical (unpaired) electrons. The van der Waals surface area contributed by atoms with Gasteiger partial charge in [0.15, 0.2) is 0 Å². The molecule has 0 aromatic carbocycles. The maximum atomic E-state index is 11.7. The second-order valence-electron chi connectivity index (χ2n) is 6.51. The molecular formula is C15H27NO3. The smallest absolute Gasteiger partial charge is 0.311 e. The molecule has 0 spiro atoms. The Morgan fingerprint density at radius 2 is 2.16 bits per heavy atom. The lowest BCUT2D eigenvalue weighted by molar-refractivity contribution is -0.151. The van der Waals surface area contributed by atoms with Gasteiger partial charge in [0.1, 0.15) is 0 Å². The van der Waals surface area contributed by atoms with Crippen LogP contribution in [-0.2, 0) is 9.53 Å². The Kier molecular flexibility index (Phi) is 4.51. The summed E-state index contributed by atoms with van der Waals surface area (Å²) in [5, 5.41) is 9.60. The Labute approximate surface area is 116 Å². The number of methoxy groups -OCH3 is 1. The minimum Gasteiger partial charge on any atom is -0.481 e. The molecule has 1 N–H and O–H groups in total. The highest BCUT2D eigenvalue weighted by Crippen LogP contribution is 2.40. The highest BCUT2D eigenvalue weighted by Gasteiger charge is 2.48. The molecule has 3 atom stereocenters. The first kappa shape index (κ1) is 14.8. The summed E-state index contributed by atoms with van der Waals surface area (Å²) in [5.74, 6) is -0.430. The Morgan fingerprint density at radius 3 is 2.68 bits per heavy atom. The third-order valence-electron chi connectivity index (χ3n) is 5.31. The highest BCUT2D eigenvalue weighted by molar-refractivity contribution is 5.75. The standard InChI is InChI=1S/C15H27NO3/c1-11(2)15(14(17)18)7-8-16(10-15)12-5-4-6-13(9-12)19-3/h11-13H,4-10H2,1-3H3,(H,17,18). The molecule has 0 amide bonds. The second-order valence-corrected chi connectivity index (χ2v) is 6.51. The van der Waals surface area contributed by atoms with Crippen LogP contribution in [0, 0.1) is 11.3 Å². The van der Waals surface area contributed by atoms with Gasteiger partial charge in [0.05, 0.1) is 11.5 Å². The zero-order chi connectivity index (χ0) is 14.0. The normalized spacial score (nSPS) is 36.8. The van der Waals surface area contributed by atoms with Crippen molar-refractivity contribution in [3.8, 4) is 0 Å².